The van der Waals surface area contributed by atoms with Crippen LogP contribution < -0.4 is 5.32 Å². The summed E-state index contributed by atoms with van der Waals surface area (Å²) in [6.07, 6.45) is 0. The molecule has 3 nitrogen and oxygen atoms in total. The van der Waals surface area contributed by atoms with Crippen LogP contribution in [0.2, 0.25) is 0 Å². The number of hydrogen-bond donors (Lipinski definition) is 1. The molecular weight excluding hydrogens is 239 g/mol. The summed E-state index contributed by atoms with van der Waals surface area (Å²) in [4.78, 5) is 11.3. The third-order valence-electron chi connectivity index (χ3n) is 2.13. The van der Waals surface area contributed by atoms with Gasteiger partial charge in [-0.1, -0.05) is 12.1 Å². The fourth-order valence-corrected chi connectivity index (χ4v) is 1.67. The normalized spacial score (nSPS) is 9.71. The van der Waals surface area contributed by atoms with Crippen molar-refractivity contribution in [1.82, 2.24) is 5.32 Å². The first-order chi connectivity index (χ1) is 8.13. The molecule has 1 aromatic rings. The number of carbonyl (C=O) groups is 1. The van der Waals surface area contributed by atoms with Gasteiger partial charge in [0.15, 0.2) is 0 Å². The van der Waals surface area contributed by atoms with Crippen LogP contribution in [-0.2, 0) is 11.3 Å². The number of nitriles is 1. The molecule has 0 aliphatic carbocycles. The average molecular weight is 252 g/mol. The van der Waals surface area contributed by atoms with E-state index in [-0.39, 0.29) is 17.5 Å². The van der Waals surface area contributed by atoms with Crippen molar-refractivity contribution < 1.29 is 9.18 Å². The lowest BCUT2D eigenvalue weighted by atomic mass is 10.1. The minimum atomic E-state index is -0.268. The molecule has 0 saturated heterocycles. The highest BCUT2D eigenvalue weighted by molar-refractivity contribution is 8.00. The van der Waals surface area contributed by atoms with Crippen molar-refractivity contribution in [2.75, 3.05) is 11.5 Å². The molecule has 0 aliphatic heterocycles. The summed E-state index contributed by atoms with van der Waals surface area (Å²) in [5.74, 6) is 0.135. The molecule has 1 N–H and O–H groups in total. The van der Waals surface area contributed by atoms with Crippen LogP contribution >= 0.6 is 11.8 Å². The van der Waals surface area contributed by atoms with Gasteiger partial charge >= 0.3 is 0 Å². The van der Waals surface area contributed by atoms with Crippen LogP contribution in [0, 0.1) is 24.1 Å². The largest absolute Gasteiger partial charge is 0.351 e. The molecule has 0 spiro atoms. The van der Waals surface area contributed by atoms with E-state index in [2.05, 4.69) is 5.32 Å². The Bertz CT molecular complexity index is 443. The molecule has 90 valence electrons. The number of benzene rings is 1. The summed E-state index contributed by atoms with van der Waals surface area (Å²) in [6, 6.07) is 6.82. The molecule has 0 bridgehead atoms. The molecule has 0 unspecified atom stereocenters. The van der Waals surface area contributed by atoms with Gasteiger partial charge in [-0.2, -0.15) is 5.26 Å². The van der Waals surface area contributed by atoms with Crippen LogP contribution in [0.4, 0.5) is 4.39 Å². The smallest absolute Gasteiger partial charge is 0.230 e. The lowest BCUT2D eigenvalue weighted by Gasteiger charge is -2.05. The fourth-order valence-electron chi connectivity index (χ4n) is 1.19. The third-order valence-corrected chi connectivity index (χ3v) is 2.93. The van der Waals surface area contributed by atoms with Crippen LogP contribution in [0.1, 0.15) is 11.1 Å². The molecule has 0 aliphatic rings. The molecule has 1 amide bonds. The van der Waals surface area contributed by atoms with Gasteiger partial charge in [-0.15, -0.1) is 11.8 Å². The number of rotatable bonds is 5. The van der Waals surface area contributed by atoms with Crippen LogP contribution in [-0.4, -0.2) is 17.4 Å². The van der Waals surface area contributed by atoms with E-state index in [4.69, 9.17) is 5.26 Å². The van der Waals surface area contributed by atoms with E-state index in [0.717, 1.165) is 5.56 Å². The predicted molar refractivity (Wildman–Crippen MR) is 65.9 cm³/mol. The third kappa shape index (κ3) is 4.87. The molecule has 5 heteroatoms. The minimum Gasteiger partial charge on any atom is -0.351 e. The first-order valence-electron chi connectivity index (χ1n) is 5.10. The summed E-state index contributed by atoms with van der Waals surface area (Å²) in [5.41, 5.74) is 1.32. The maximum atomic E-state index is 13.2. The van der Waals surface area contributed by atoms with Crippen molar-refractivity contribution in [3.05, 3.63) is 35.1 Å². The number of halogens is 1. The van der Waals surface area contributed by atoms with Crippen molar-refractivity contribution in [3.63, 3.8) is 0 Å². The highest BCUT2D eigenvalue weighted by Gasteiger charge is 2.03. The number of nitrogens with zero attached hydrogens (tertiary/aromatic N) is 1. The second-order valence-electron chi connectivity index (χ2n) is 3.51. The number of thioether (sulfide) groups is 1. The Balaban J connectivity index is 2.37. The molecule has 1 aromatic carbocycles. The number of nitrogens with one attached hydrogen (secondary N) is 1. The number of carbonyl (C=O) groups excluding carboxylic acids is 1. The van der Waals surface area contributed by atoms with Crippen LogP contribution in [0.5, 0.6) is 0 Å². The SMILES string of the molecule is Cc1ccc(CNC(=O)CSCC#N)cc1F. The molecule has 0 heterocycles. The molecular formula is C12H13FN2OS. The second kappa shape index (κ2) is 6.92. The van der Waals surface area contributed by atoms with Crippen LogP contribution in [0.25, 0.3) is 0 Å². The number of amides is 1. The molecule has 0 fully saturated rings. The highest BCUT2D eigenvalue weighted by atomic mass is 32.2. The number of aryl methyl sites for hydroxylation is 1. The van der Waals surface area contributed by atoms with Gasteiger partial charge in [0.05, 0.1) is 17.6 Å². The Kier molecular flexibility index (Phi) is 5.50. The van der Waals surface area contributed by atoms with Crippen LogP contribution in [0.3, 0.4) is 0 Å². The molecule has 0 saturated carbocycles. The van der Waals surface area contributed by atoms with Gasteiger partial charge in [-0.05, 0) is 24.1 Å². The van der Waals surface area contributed by atoms with Gasteiger partial charge in [0.25, 0.3) is 0 Å². The predicted octanol–water partition coefficient (Wildman–Crippen LogP) is 2.01. The summed E-state index contributed by atoms with van der Waals surface area (Å²) < 4.78 is 13.2. The van der Waals surface area contributed by atoms with Gasteiger partial charge < -0.3 is 5.32 Å². The first-order valence-corrected chi connectivity index (χ1v) is 6.25. The molecule has 1 rings (SSSR count). The zero-order chi connectivity index (χ0) is 12.7. The van der Waals surface area contributed by atoms with E-state index in [0.29, 0.717) is 17.9 Å². The Morgan fingerprint density at radius 3 is 3.00 bits per heavy atom. The Hall–Kier alpha value is -1.54. The van der Waals surface area contributed by atoms with Gasteiger partial charge in [0, 0.05) is 6.54 Å². The quantitative estimate of drug-likeness (QED) is 0.815. The second-order valence-corrected chi connectivity index (χ2v) is 4.50. The van der Waals surface area contributed by atoms with E-state index < -0.39 is 0 Å². The van der Waals surface area contributed by atoms with E-state index in [1.807, 2.05) is 6.07 Å². The van der Waals surface area contributed by atoms with Crippen molar-refractivity contribution >= 4 is 17.7 Å². The fraction of sp³-hybridized carbons (Fsp3) is 0.333. The topological polar surface area (TPSA) is 52.9 Å². The van der Waals surface area contributed by atoms with Gasteiger partial charge in [-0.25, -0.2) is 4.39 Å². The molecule has 0 radical (unpaired) electrons. The van der Waals surface area contributed by atoms with Crippen molar-refractivity contribution in [2.45, 2.75) is 13.5 Å². The Labute approximate surface area is 104 Å². The zero-order valence-electron chi connectivity index (χ0n) is 9.50. The lowest BCUT2D eigenvalue weighted by molar-refractivity contribution is -0.118. The minimum absolute atomic E-state index is 0.147. The van der Waals surface area contributed by atoms with E-state index in [1.165, 1.54) is 17.8 Å². The Morgan fingerprint density at radius 2 is 2.35 bits per heavy atom. The maximum absolute atomic E-state index is 13.2. The highest BCUT2D eigenvalue weighted by Crippen LogP contribution is 2.08. The van der Waals surface area contributed by atoms with E-state index in [1.54, 1.807) is 19.1 Å². The van der Waals surface area contributed by atoms with Gasteiger partial charge in [0.1, 0.15) is 5.82 Å². The zero-order valence-corrected chi connectivity index (χ0v) is 10.3. The van der Waals surface area contributed by atoms with E-state index >= 15 is 0 Å². The molecule has 0 atom stereocenters. The summed E-state index contributed by atoms with van der Waals surface area (Å²) in [5, 5.41) is 11.0. The van der Waals surface area contributed by atoms with E-state index in [9.17, 15) is 9.18 Å². The lowest BCUT2D eigenvalue weighted by Crippen LogP contribution is -2.24. The average Bonchev–Trinajstić information content (AvgIpc) is 2.31. The maximum Gasteiger partial charge on any atom is 0.230 e. The summed E-state index contributed by atoms with van der Waals surface area (Å²) in [6.45, 7) is 2.00. The summed E-state index contributed by atoms with van der Waals surface area (Å²) in [7, 11) is 0. The van der Waals surface area contributed by atoms with Crippen molar-refractivity contribution in [2.24, 2.45) is 0 Å². The molecule has 17 heavy (non-hydrogen) atoms. The summed E-state index contributed by atoms with van der Waals surface area (Å²) >= 11 is 1.25. The Morgan fingerprint density at radius 1 is 1.59 bits per heavy atom. The van der Waals surface area contributed by atoms with Gasteiger partial charge in [0.2, 0.25) is 5.91 Å². The standard InChI is InChI=1S/C12H13FN2OS/c1-9-2-3-10(6-11(9)13)7-15-12(16)8-17-5-4-14/h2-3,6H,5,7-8H2,1H3,(H,15,16). The van der Waals surface area contributed by atoms with Crippen molar-refractivity contribution in [1.29, 1.82) is 5.26 Å². The van der Waals surface area contributed by atoms with Gasteiger partial charge in [-0.3, -0.25) is 4.79 Å². The first kappa shape index (κ1) is 13.5. The van der Waals surface area contributed by atoms with Crippen LogP contribution in [0.15, 0.2) is 18.2 Å². The monoisotopic (exact) mass is 252 g/mol. The van der Waals surface area contributed by atoms with Crippen molar-refractivity contribution in [3.8, 4) is 6.07 Å². The molecule has 0 aromatic heterocycles. The number of hydrogen-bond acceptors (Lipinski definition) is 3.